The fourth-order valence-electron chi connectivity index (χ4n) is 2.77. The van der Waals surface area contributed by atoms with Gasteiger partial charge in [-0.2, -0.15) is 5.26 Å². The van der Waals surface area contributed by atoms with Crippen molar-refractivity contribution in [2.45, 2.75) is 0 Å². The van der Waals surface area contributed by atoms with Crippen molar-refractivity contribution >= 4 is 34.8 Å². The molecule has 128 valence electrons. The van der Waals surface area contributed by atoms with Gasteiger partial charge >= 0.3 is 6.09 Å². The summed E-state index contributed by atoms with van der Waals surface area (Å²) < 4.78 is 0. The number of nitriles is 1. The molecule has 0 radical (unpaired) electrons. The lowest BCUT2D eigenvalue weighted by atomic mass is 10.1. The highest BCUT2D eigenvalue weighted by atomic mass is 16.4. The van der Waals surface area contributed by atoms with E-state index in [1.165, 1.54) is 11.0 Å². The standard InChI is InChI=1S/C16H16N6O3/c17-7-10(14(18)23)5-11-8-19-15-13(11)6-12(9-20-15)21-1-3-22(4-2-21)16(24)25/h5-6,8-9H,1-4H2,(H2,18,23)(H,19,20)(H,24,25). The molecule has 3 rings (SSSR count). The molecule has 9 heteroatoms. The van der Waals surface area contributed by atoms with E-state index < -0.39 is 12.0 Å². The van der Waals surface area contributed by atoms with Crippen molar-refractivity contribution in [3.8, 4) is 6.07 Å². The van der Waals surface area contributed by atoms with Crippen LogP contribution in [0, 0.1) is 11.3 Å². The molecule has 0 spiro atoms. The predicted molar refractivity (Wildman–Crippen MR) is 90.7 cm³/mol. The largest absolute Gasteiger partial charge is 0.465 e. The van der Waals surface area contributed by atoms with Crippen LogP contribution in [0.2, 0.25) is 0 Å². The summed E-state index contributed by atoms with van der Waals surface area (Å²) in [5, 5.41) is 18.8. The van der Waals surface area contributed by atoms with Crippen molar-refractivity contribution in [3.05, 3.63) is 29.6 Å². The lowest BCUT2D eigenvalue weighted by Gasteiger charge is -2.34. The summed E-state index contributed by atoms with van der Waals surface area (Å²) in [5.74, 6) is -0.786. The molecule has 0 unspecified atom stereocenters. The SMILES string of the molecule is N#CC(=Cc1c[nH]c2ncc(N3CCN(C(=O)O)CC3)cc12)C(N)=O. The van der Waals surface area contributed by atoms with Gasteiger partial charge in [0.1, 0.15) is 17.3 Å². The second kappa shape index (κ2) is 6.52. The number of aromatic nitrogens is 2. The van der Waals surface area contributed by atoms with Crippen LogP contribution in [-0.2, 0) is 4.79 Å². The predicted octanol–water partition coefficient (Wildman–Crippen LogP) is 0.755. The summed E-state index contributed by atoms with van der Waals surface area (Å²) in [4.78, 5) is 33.0. The number of nitrogens with zero attached hydrogens (tertiary/aromatic N) is 4. The summed E-state index contributed by atoms with van der Waals surface area (Å²) in [6.45, 7) is 1.99. The Morgan fingerprint density at radius 2 is 2.08 bits per heavy atom. The molecule has 1 aliphatic rings. The summed E-state index contributed by atoms with van der Waals surface area (Å²) >= 11 is 0. The number of nitrogens with two attached hydrogens (primary N) is 1. The zero-order chi connectivity index (χ0) is 18.0. The quantitative estimate of drug-likeness (QED) is 0.556. The number of pyridine rings is 1. The molecule has 1 aliphatic heterocycles. The monoisotopic (exact) mass is 340 g/mol. The lowest BCUT2D eigenvalue weighted by Crippen LogP contribution is -2.48. The van der Waals surface area contributed by atoms with E-state index in [9.17, 15) is 9.59 Å². The molecule has 1 saturated heterocycles. The maximum atomic E-state index is 11.2. The number of hydrogen-bond donors (Lipinski definition) is 3. The van der Waals surface area contributed by atoms with Crippen LogP contribution in [-0.4, -0.2) is 58.2 Å². The van der Waals surface area contributed by atoms with Crippen LogP contribution in [0.4, 0.5) is 10.5 Å². The average molecular weight is 340 g/mol. The van der Waals surface area contributed by atoms with Gasteiger partial charge in [-0.15, -0.1) is 0 Å². The average Bonchev–Trinajstić information content (AvgIpc) is 3.01. The van der Waals surface area contributed by atoms with Crippen LogP contribution < -0.4 is 10.6 Å². The van der Waals surface area contributed by atoms with Gasteiger partial charge in [0.25, 0.3) is 5.91 Å². The number of carbonyl (C=O) groups is 2. The van der Waals surface area contributed by atoms with Crippen molar-refractivity contribution in [1.82, 2.24) is 14.9 Å². The third kappa shape index (κ3) is 3.23. The number of fused-ring (bicyclic) bond motifs is 1. The van der Waals surface area contributed by atoms with Crippen LogP contribution in [0.5, 0.6) is 0 Å². The van der Waals surface area contributed by atoms with E-state index in [-0.39, 0.29) is 5.57 Å². The molecule has 0 bridgehead atoms. The number of amides is 2. The van der Waals surface area contributed by atoms with Gasteiger partial charge in [-0.05, 0) is 12.1 Å². The first-order chi connectivity index (χ1) is 12.0. The summed E-state index contributed by atoms with van der Waals surface area (Å²) in [6, 6.07) is 3.68. The number of carboxylic acid groups (broad SMARTS) is 1. The minimum Gasteiger partial charge on any atom is -0.465 e. The van der Waals surface area contributed by atoms with Crippen molar-refractivity contribution in [2.75, 3.05) is 31.1 Å². The Kier molecular flexibility index (Phi) is 4.26. The number of aromatic amines is 1. The summed E-state index contributed by atoms with van der Waals surface area (Å²) in [7, 11) is 0. The fourth-order valence-corrected chi connectivity index (χ4v) is 2.77. The van der Waals surface area contributed by atoms with E-state index in [1.54, 1.807) is 18.5 Å². The van der Waals surface area contributed by atoms with Gasteiger partial charge in [-0.1, -0.05) is 0 Å². The maximum Gasteiger partial charge on any atom is 0.407 e. The Hall–Kier alpha value is -3.54. The molecule has 2 amide bonds. The van der Waals surface area contributed by atoms with E-state index >= 15 is 0 Å². The maximum absolute atomic E-state index is 11.2. The molecule has 25 heavy (non-hydrogen) atoms. The Balaban J connectivity index is 1.90. The zero-order valence-corrected chi connectivity index (χ0v) is 13.3. The Morgan fingerprint density at radius 1 is 1.36 bits per heavy atom. The molecular formula is C16H16N6O3. The third-order valence-electron chi connectivity index (χ3n) is 4.15. The first-order valence-corrected chi connectivity index (χ1v) is 7.61. The van der Waals surface area contributed by atoms with Gasteiger partial charge < -0.3 is 25.6 Å². The second-order valence-electron chi connectivity index (χ2n) is 5.62. The van der Waals surface area contributed by atoms with E-state index in [0.29, 0.717) is 37.4 Å². The molecule has 2 aromatic rings. The molecule has 0 atom stereocenters. The molecule has 0 saturated carbocycles. The highest BCUT2D eigenvalue weighted by Gasteiger charge is 2.21. The van der Waals surface area contributed by atoms with Crippen molar-refractivity contribution < 1.29 is 14.7 Å². The molecule has 2 aromatic heterocycles. The number of carbonyl (C=O) groups excluding carboxylic acids is 1. The molecule has 0 aliphatic carbocycles. The van der Waals surface area contributed by atoms with Gasteiger partial charge in [0, 0.05) is 43.3 Å². The smallest absolute Gasteiger partial charge is 0.407 e. The van der Waals surface area contributed by atoms with Gasteiger partial charge in [0.05, 0.1) is 11.9 Å². The third-order valence-corrected chi connectivity index (χ3v) is 4.15. The Labute approximate surface area is 143 Å². The number of rotatable bonds is 3. The van der Waals surface area contributed by atoms with E-state index in [1.807, 2.05) is 11.0 Å². The van der Waals surface area contributed by atoms with Crippen LogP contribution in [0.25, 0.3) is 17.1 Å². The zero-order valence-electron chi connectivity index (χ0n) is 13.3. The molecule has 1 fully saturated rings. The number of anilines is 1. The van der Waals surface area contributed by atoms with Gasteiger partial charge in [0.2, 0.25) is 0 Å². The fraction of sp³-hybridized carbons (Fsp3) is 0.250. The Morgan fingerprint density at radius 3 is 2.68 bits per heavy atom. The van der Waals surface area contributed by atoms with E-state index in [0.717, 1.165) is 11.1 Å². The lowest BCUT2D eigenvalue weighted by molar-refractivity contribution is -0.114. The minimum atomic E-state index is -0.915. The van der Waals surface area contributed by atoms with Crippen molar-refractivity contribution in [2.24, 2.45) is 5.73 Å². The van der Waals surface area contributed by atoms with Gasteiger partial charge in [0.15, 0.2) is 0 Å². The Bertz CT molecular complexity index is 902. The minimum absolute atomic E-state index is 0.138. The van der Waals surface area contributed by atoms with Gasteiger partial charge in [-0.3, -0.25) is 4.79 Å². The molecule has 0 aromatic carbocycles. The topological polar surface area (TPSA) is 139 Å². The van der Waals surface area contributed by atoms with Crippen LogP contribution in [0.3, 0.4) is 0 Å². The number of H-pyrrole nitrogens is 1. The number of nitrogens with one attached hydrogen (secondary N) is 1. The highest BCUT2D eigenvalue weighted by Crippen LogP contribution is 2.25. The number of primary amides is 1. The first-order valence-electron chi connectivity index (χ1n) is 7.61. The van der Waals surface area contributed by atoms with Crippen LogP contribution >= 0.6 is 0 Å². The molecule has 4 N–H and O–H groups in total. The number of piperazine rings is 1. The summed E-state index contributed by atoms with van der Waals surface area (Å²) in [5.41, 5.74) is 7.16. The van der Waals surface area contributed by atoms with Crippen LogP contribution in [0.1, 0.15) is 5.56 Å². The molecule has 9 nitrogen and oxygen atoms in total. The van der Waals surface area contributed by atoms with E-state index in [4.69, 9.17) is 16.1 Å². The van der Waals surface area contributed by atoms with E-state index in [2.05, 4.69) is 9.97 Å². The number of hydrogen-bond acceptors (Lipinski definition) is 5. The van der Waals surface area contributed by atoms with Crippen LogP contribution in [0.15, 0.2) is 24.0 Å². The molecular weight excluding hydrogens is 324 g/mol. The first kappa shape index (κ1) is 16.3. The highest BCUT2D eigenvalue weighted by molar-refractivity contribution is 6.03. The molecule has 3 heterocycles. The summed E-state index contributed by atoms with van der Waals surface area (Å²) in [6.07, 6.45) is 3.88. The van der Waals surface area contributed by atoms with Crippen molar-refractivity contribution in [1.29, 1.82) is 5.26 Å². The normalized spacial score (nSPS) is 15.2. The van der Waals surface area contributed by atoms with Gasteiger partial charge in [-0.25, -0.2) is 9.78 Å². The second-order valence-corrected chi connectivity index (χ2v) is 5.62. The van der Waals surface area contributed by atoms with Crippen molar-refractivity contribution in [3.63, 3.8) is 0 Å².